The zero-order valence-electron chi connectivity index (χ0n) is 11.3. The van der Waals surface area contributed by atoms with Crippen molar-refractivity contribution in [2.45, 2.75) is 32.7 Å². The Morgan fingerprint density at radius 3 is 2.33 bits per heavy atom. The van der Waals surface area contributed by atoms with Crippen molar-refractivity contribution < 1.29 is 13.2 Å². The molecule has 0 spiro atoms. The van der Waals surface area contributed by atoms with E-state index in [-0.39, 0.29) is 17.5 Å². The van der Waals surface area contributed by atoms with Gasteiger partial charge in [-0.3, -0.25) is 4.79 Å². The van der Waals surface area contributed by atoms with Crippen LogP contribution >= 0.6 is 0 Å². The quantitative estimate of drug-likeness (QED) is 0.601. The fraction of sp³-hybridized carbons (Fsp3) is 0.917. The van der Waals surface area contributed by atoms with E-state index in [0.29, 0.717) is 13.0 Å². The Morgan fingerprint density at radius 2 is 1.89 bits per heavy atom. The van der Waals surface area contributed by atoms with Crippen LogP contribution in [0.25, 0.3) is 0 Å². The smallest absolute Gasteiger partial charge is 0.209 e. The van der Waals surface area contributed by atoms with Crippen molar-refractivity contribution in [3.05, 3.63) is 0 Å². The Morgan fingerprint density at radius 1 is 1.22 bits per heavy atom. The van der Waals surface area contributed by atoms with Crippen molar-refractivity contribution in [3.8, 4) is 0 Å². The summed E-state index contributed by atoms with van der Waals surface area (Å²) in [6, 6.07) is -0.107. The fourth-order valence-corrected chi connectivity index (χ4v) is 4.12. The highest BCUT2D eigenvalue weighted by Gasteiger charge is 2.31. The Bertz CT molecular complexity index is 352. The lowest BCUT2D eigenvalue weighted by atomic mass is 10.2. The number of sulfone groups is 1. The number of hydrogen-bond acceptors (Lipinski definition) is 4. The minimum atomic E-state index is -2.91. The molecule has 0 saturated carbocycles. The number of carbonyl (C=O) groups is 1. The second kappa shape index (κ2) is 7.09. The van der Waals surface area contributed by atoms with Gasteiger partial charge < -0.3 is 9.80 Å². The third-order valence-electron chi connectivity index (χ3n) is 3.60. The topological polar surface area (TPSA) is 57.7 Å². The van der Waals surface area contributed by atoms with Gasteiger partial charge in [-0.05, 0) is 32.5 Å². The van der Waals surface area contributed by atoms with Crippen molar-refractivity contribution >= 4 is 16.2 Å². The first-order valence-corrected chi connectivity index (χ1v) is 8.48. The molecular weight excluding hydrogens is 252 g/mol. The first-order valence-electron chi connectivity index (χ1n) is 6.66. The predicted octanol–water partition coefficient (Wildman–Crippen LogP) is 0.364. The van der Waals surface area contributed by atoms with Crippen LogP contribution in [-0.4, -0.2) is 68.4 Å². The second-order valence-corrected chi connectivity index (χ2v) is 7.01. The summed E-state index contributed by atoms with van der Waals surface area (Å²) in [5.74, 6) is 0.356. The molecule has 0 aromatic carbocycles. The first-order chi connectivity index (χ1) is 8.52. The zero-order chi connectivity index (χ0) is 13.6. The summed E-state index contributed by atoms with van der Waals surface area (Å²) in [5.41, 5.74) is 0. The average molecular weight is 276 g/mol. The molecule has 0 unspecified atom stereocenters. The van der Waals surface area contributed by atoms with Crippen LogP contribution in [0.15, 0.2) is 0 Å². The van der Waals surface area contributed by atoms with Gasteiger partial charge in [0.2, 0.25) is 6.41 Å². The number of hydrogen-bond donors (Lipinski definition) is 0. The largest absolute Gasteiger partial charge is 0.341 e. The standard InChI is InChI=1S/C12H24N2O3S/c1-3-13(4-2)7-5-8-14(11-15)12-6-9-18(16,17)10-12/h11-12H,3-10H2,1-2H3/t12-/m0/s1. The summed E-state index contributed by atoms with van der Waals surface area (Å²) in [4.78, 5) is 15.0. The van der Waals surface area contributed by atoms with Crippen LogP contribution in [-0.2, 0) is 14.6 Å². The summed E-state index contributed by atoms with van der Waals surface area (Å²) in [5, 5.41) is 0. The molecule has 1 saturated heterocycles. The minimum absolute atomic E-state index is 0.107. The van der Waals surface area contributed by atoms with Gasteiger partial charge in [0.15, 0.2) is 9.84 Å². The van der Waals surface area contributed by atoms with Gasteiger partial charge >= 0.3 is 0 Å². The zero-order valence-corrected chi connectivity index (χ0v) is 12.2. The molecule has 1 atom stereocenters. The van der Waals surface area contributed by atoms with Crippen LogP contribution < -0.4 is 0 Å². The van der Waals surface area contributed by atoms with Crippen molar-refractivity contribution in [1.82, 2.24) is 9.80 Å². The summed E-state index contributed by atoms with van der Waals surface area (Å²) in [6.45, 7) is 7.86. The maximum Gasteiger partial charge on any atom is 0.209 e. The minimum Gasteiger partial charge on any atom is -0.341 e. The molecule has 0 aliphatic carbocycles. The van der Waals surface area contributed by atoms with Gasteiger partial charge in [-0.25, -0.2) is 8.42 Å². The lowest BCUT2D eigenvalue weighted by molar-refractivity contribution is -0.119. The number of carbonyl (C=O) groups excluding carboxylic acids is 1. The molecule has 0 bridgehead atoms. The van der Waals surface area contributed by atoms with Crippen molar-refractivity contribution in [1.29, 1.82) is 0 Å². The van der Waals surface area contributed by atoms with E-state index in [1.165, 1.54) is 0 Å². The molecule has 0 aromatic rings. The molecule has 1 aliphatic rings. The van der Waals surface area contributed by atoms with E-state index in [2.05, 4.69) is 18.7 Å². The molecule has 5 nitrogen and oxygen atoms in total. The third-order valence-corrected chi connectivity index (χ3v) is 5.35. The normalized spacial score (nSPS) is 22.3. The molecular formula is C12H24N2O3S. The SMILES string of the molecule is CCN(CC)CCCN(C=O)[C@H]1CCS(=O)(=O)C1. The molecule has 1 rings (SSSR count). The van der Waals surface area contributed by atoms with Gasteiger partial charge in [-0.2, -0.15) is 0 Å². The van der Waals surface area contributed by atoms with E-state index in [0.717, 1.165) is 32.5 Å². The Balaban J connectivity index is 2.37. The van der Waals surface area contributed by atoms with E-state index in [4.69, 9.17) is 0 Å². The highest BCUT2D eigenvalue weighted by Crippen LogP contribution is 2.16. The molecule has 1 fully saturated rings. The summed E-state index contributed by atoms with van der Waals surface area (Å²) in [6.07, 6.45) is 2.29. The summed E-state index contributed by atoms with van der Waals surface area (Å²) in [7, 11) is -2.91. The third kappa shape index (κ3) is 4.57. The van der Waals surface area contributed by atoms with Crippen LogP contribution in [0.4, 0.5) is 0 Å². The van der Waals surface area contributed by atoms with Crippen molar-refractivity contribution in [2.24, 2.45) is 0 Å². The first kappa shape index (κ1) is 15.4. The molecule has 18 heavy (non-hydrogen) atoms. The number of rotatable bonds is 8. The van der Waals surface area contributed by atoms with E-state index >= 15 is 0 Å². The van der Waals surface area contributed by atoms with Crippen LogP contribution in [0.5, 0.6) is 0 Å². The van der Waals surface area contributed by atoms with E-state index in [9.17, 15) is 13.2 Å². The predicted molar refractivity (Wildman–Crippen MR) is 72.2 cm³/mol. The maximum absolute atomic E-state index is 11.4. The molecule has 0 aromatic heterocycles. The lowest BCUT2D eigenvalue weighted by Crippen LogP contribution is -2.37. The van der Waals surface area contributed by atoms with Crippen LogP contribution in [0, 0.1) is 0 Å². The molecule has 0 N–H and O–H groups in total. The summed E-state index contributed by atoms with van der Waals surface area (Å²) < 4.78 is 22.8. The second-order valence-electron chi connectivity index (χ2n) is 4.78. The van der Waals surface area contributed by atoms with Gasteiger partial charge in [-0.1, -0.05) is 13.8 Å². The van der Waals surface area contributed by atoms with Gasteiger partial charge in [0.05, 0.1) is 11.5 Å². The van der Waals surface area contributed by atoms with Gasteiger partial charge in [-0.15, -0.1) is 0 Å². The van der Waals surface area contributed by atoms with Crippen molar-refractivity contribution in [3.63, 3.8) is 0 Å². The van der Waals surface area contributed by atoms with E-state index in [1.807, 2.05) is 0 Å². The van der Waals surface area contributed by atoms with Gasteiger partial charge in [0.25, 0.3) is 0 Å². The maximum atomic E-state index is 11.4. The molecule has 1 aliphatic heterocycles. The van der Waals surface area contributed by atoms with Crippen LogP contribution in [0.1, 0.15) is 26.7 Å². The summed E-state index contributed by atoms with van der Waals surface area (Å²) >= 11 is 0. The van der Waals surface area contributed by atoms with Crippen LogP contribution in [0.2, 0.25) is 0 Å². The van der Waals surface area contributed by atoms with Crippen molar-refractivity contribution in [2.75, 3.05) is 37.7 Å². The highest BCUT2D eigenvalue weighted by molar-refractivity contribution is 7.91. The average Bonchev–Trinajstić information content (AvgIpc) is 2.70. The molecule has 1 amide bonds. The lowest BCUT2D eigenvalue weighted by Gasteiger charge is -2.25. The van der Waals surface area contributed by atoms with E-state index < -0.39 is 9.84 Å². The molecule has 6 heteroatoms. The monoisotopic (exact) mass is 276 g/mol. The Labute approximate surface area is 110 Å². The van der Waals surface area contributed by atoms with Gasteiger partial charge in [0, 0.05) is 12.6 Å². The van der Waals surface area contributed by atoms with E-state index in [1.54, 1.807) is 4.90 Å². The fourth-order valence-electron chi connectivity index (χ4n) is 2.38. The Kier molecular flexibility index (Phi) is 6.08. The molecule has 0 radical (unpaired) electrons. The number of nitrogens with zero attached hydrogens (tertiary/aromatic N) is 2. The van der Waals surface area contributed by atoms with Crippen LogP contribution in [0.3, 0.4) is 0 Å². The van der Waals surface area contributed by atoms with Gasteiger partial charge in [0.1, 0.15) is 0 Å². The molecule has 106 valence electrons. The Hall–Kier alpha value is -0.620. The highest BCUT2D eigenvalue weighted by atomic mass is 32.2. The number of amides is 1. The molecule has 1 heterocycles.